The van der Waals surface area contributed by atoms with Crippen molar-refractivity contribution in [1.82, 2.24) is 9.73 Å². The van der Waals surface area contributed by atoms with Gasteiger partial charge in [-0.2, -0.15) is 9.41 Å². The van der Waals surface area contributed by atoms with Crippen LogP contribution < -0.4 is 11.2 Å². The molecule has 2 rings (SSSR count). The van der Waals surface area contributed by atoms with Gasteiger partial charge in [0, 0.05) is 12.7 Å². The maximum atomic E-state index is 12.5. The van der Waals surface area contributed by atoms with Crippen LogP contribution in [0.25, 0.3) is 0 Å². The summed E-state index contributed by atoms with van der Waals surface area (Å²) in [6.45, 7) is 3.25. The fraction of sp³-hybridized carbons (Fsp3) is 0.222. The van der Waals surface area contributed by atoms with E-state index >= 15 is 0 Å². The summed E-state index contributed by atoms with van der Waals surface area (Å²) in [6.07, 6.45) is 0. The second-order valence-corrected chi connectivity index (χ2v) is 7.98. The second kappa shape index (κ2) is 8.11. The molecule has 0 aliphatic carbocycles. The molecule has 8 heteroatoms. The van der Waals surface area contributed by atoms with Crippen molar-refractivity contribution in [2.75, 3.05) is 19.3 Å². The number of anilines is 1. The predicted octanol–water partition coefficient (Wildman–Crippen LogP) is 1.74. The van der Waals surface area contributed by atoms with Crippen molar-refractivity contribution in [1.29, 1.82) is 0 Å². The van der Waals surface area contributed by atoms with Crippen molar-refractivity contribution >= 4 is 27.3 Å². The van der Waals surface area contributed by atoms with Gasteiger partial charge in [-0.15, -0.1) is 0 Å². The van der Waals surface area contributed by atoms with Crippen LogP contribution in [0.5, 0.6) is 0 Å². The van der Waals surface area contributed by atoms with E-state index in [1.807, 2.05) is 13.0 Å². The van der Waals surface area contributed by atoms with Gasteiger partial charge in [-0.25, -0.2) is 13.8 Å². The summed E-state index contributed by atoms with van der Waals surface area (Å²) in [6, 6.07) is 13.5. The molecule has 0 saturated heterocycles. The van der Waals surface area contributed by atoms with Crippen molar-refractivity contribution in [3.8, 4) is 0 Å². The van der Waals surface area contributed by atoms with Gasteiger partial charge in [0.05, 0.1) is 17.2 Å². The van der Waals surface area contributed by atoms with E-state index in [-0.39, 0.29) is 11.4 Å². The number of hydrazone groups is 1. The highest BCUT2D eigenvalue weighted by molar-refractivity contribution is 7.89. The molecule has 2 aromatic rings. The van der Waals surface area contributed by atoms with Gasteiger partial charge in [-0.3, -0.25) is 4.79 Å². The summed E-state index contributed by atoms with van der Waals surface area (Å²) < 4.78 is 25.9. The maximum Gasteiger partial charge on any atom is 0.255 e. The summed E-state index contributed by atoms with van der Waals surface area (Å²) in [7, 11) is -2.39. The highest BCUT2D eigenvalue weighted by Crippen LogP contribution is 2.14. The van der Waals surface area contributed by atoms with Gasteiger partial charge < -0.3 is 5.73 Å². The molecule has 0 bridgehead atoms. The molecule has 0 unspecified atom stereocenters. The van der Waals surface area contributed by atoms with Gasteiger partial charge >= 0.3 is 0 Å². The van der Waals surface area contributed by atoms with E-state index < -0.39 is 15.9 Å². The highest BCUT2D eigenvalue weighted by atomic mass is 32.2. The maximum absolute atomic E-state index is 12.5. The molecule has 0 heterocycles. The third-order valence-corrected chi connectivity index (χ3v) is 5.57. The van der Waals surface area contributed by atoms with Crippen molar-refractivity contribution in [3.63, 3.8) is 0 Å². The number of benzene rings is 2. The molecule has 138 valence electrons. The van der Waals surface area contributed by atoms with Crippen LogP contribution in [0.4, 0.5) is 5.69 Å². The Morgan fingerprint density at radius 2 is 1.85 bits per heavy atom. The molecule has 3 N–H and O–H groups in total. The third-order valence-electron chi connectivity index (χ3n) is 3.75. The van der Waals surface area contributed by atoms with Crippen molar-refractivity contribution in [3.05, 3.63) is 59.7 Å². The van der Waals surface area contributed by atoms with E-state index in [4.69, 9.17) is 5.73 Å². The molecule has 0 aromatic heterocycles. The Morgan fingerprint density at radius 3 is 2.46 bits per heavy atom. The molecule has 0 aliphatic rings. The van der Waals surface area contributed by atoms with Gasteiger partial charge in [-0.1, -0.05) is 29.8 Å². The van der Waals surface area contributed by atoms with Gasteiger partial charge in [0.15, 0.2) is 0 Å². The lowest BCUT2D eigenvalue weighted by Gasteiger charge is -2.16. The Bertz CT molecular complexity index is 922. The monoisotopic (exact) mass is 374 g/mol. The number of rotatable bonds is 6. The minimum Gasteiger partial charge on any atom is -0.399 e. The van der Waals surface area contributed by atoms with Gasteiger partial charge in [0.25, 0.3) is 5.91 Å². The number of amides is 1. The van der Waals surface area contributed by atoms with Crippen LogP contribution in [0.15, 0.2) is 58.5 Å². The lowest BCUT2D eigenvalue weighted by atomic mass is 10.1. The smallest absolute Gasteiger partial charge is 0.255 e. The number of aryl methyl sites for hydroxylation is 1. The average Bonchev–Trinajstić information content (AvgIpc) is 2.60. The Hall–Kier alpha value is -2.71. The second-order valence-electron chi connectivity index (χ2n) is 5.93. The first-order chi connectivity index (χ1) is 12.2. The summed E-state index contributed by atoms with van der Waals surface area (Å²) in [5.74, 6) is -0.536. The van der Waals surface area contributed by atoms with E-state index in [1.165, 1.54) is 19.2 Å². The fourth-order valence-corrected chi connectivity index (χ4v) is 3.31. The number of sulfonamides is 1. The van der Waals surface area contributed by atoms with Crippen LogP contribution >= 0.6 is 0 Å². The zero-order valence-corrected chi connectivity index (χ0v) is 15.7. The topological polar surface area (TPSA) is 105 Å². The summed E-state index contributed by atoms with van der Waals surface area (Å²) >= 11 is 0. The van der Waals surface area contributed by atoms with E-state index in [0.717, 1.165) is 15.4 Å². The molecule has 0 saturated carbocycles. The van der Waals surface area contributed by atoms with Crippen LogP contribution in [0, 0.1) is 6.92 Å². The number of hydrogen-bond donors (Lipinski definition) is 2. The molecular weight excluding hydrogens is 352 g/mol. The molecule has 0 fully saturated rings. The molecule has 2 aromatic carbocycles. The zero-order chi connectivity index (χ0) is 19.3. The van der Waals surface area contributed by atoms with Crippen LogP contribution in [-0.4, -0.2) is 37.9 Å². The quantitative estimate of drug-likeness (QED) is 0.456. The first kappa shape index (κ1) is 19.6. The van der Waals surface area contributed by atoms with E-state index in [1.54, 1.807) is 37.3 Å². The van der Waals surface area contributed by atoms with Crippen LogP contribution in [0.1, 0.15) is 18.1 Å². The number of carbonyl (C=O) groups is 1. The molecule has 0 atom stereocenters. The van der Waals surface area contributed by atoms with Crippen molar-refractivity contribution in [2.45, 2.75) is 18.7 Å². The fourth-order valence-electron chi connectivity index (χ4n) is 2.19. The molecule has 0 aliphatic heterocycles. The normalized spacial score (nSPS) is 12.2. The Balaban J connectivity index is 2.02. The summed E-state index contributed by atoms with van der Waals surface area (Å²) in [4.78, 5) is 12.2. The van der Waals surface area contributed by atoms with Crippen LogP contribution in [0.2, 0.25) is 0 Å². The van der Waals surface area contributed by atoms with Crippen LogP contribution in [-0.2, 0) is 14.8 Å². The lowest BCUT2D eigenvalue weighted by molar-refractivity contribution is -0.121. The largest absolute Gasteiger partial charge is 0.399 e. The van der Waals surface area contributed by atoms with Gasteiger partial charge in [-0.05, 0) is 43.7 Å². The van der Waals surface area contributed by atoms with Gasteiger partial charge in [0.1, 0.15) is 0 Å². The van der Waals surface area contributed by atoms with Crippen molar-refractivity contribution in [2.24, 2.45) is 5.10 Å². The van der Waals surface area contributed by atoms with Crippen LogP contribution in [0.3, 0.4) is 0 Å². The van der Waals surface area contributed by atoms with Gasteiger partial charge in [0.2, 0.25) is 10.0 Å². The van der Waals surface area contributed by atoms with Crippen molar-refractivity contribution < 1.29 is 13.2 Å². The average molecular weight is 374 g/mol. The molecule has 7 nitrogen and oxygen atoms in total. The number of likely N-dealkylation sites (N-methyl/N-ethyl adjacent to an activating group) is 1. The number of carbonyl (C=O) groups excluding carboxylic acids is 1. The molecule has 1 amide bonds. The van der Waals surface area contributed by atoms with E-state index in [0.29, 0.717) is 11.4 Å². The highest BCUT2D eigenvalue weighted by Gasteiger charge is 2.22. The number of nitrogen functional groups attached to an aromatic ring is 1. The summed E-state index contributed by atoms with van der Waals surface area (Å²) in [5, 5.41) is 3.99. The first-order valence-electron chi connectivity index (χ1n) is 7.92. The molecule has 26 heavy (non-hydrogen) atoms. The van der Waals surface area contributed by atoms with E-state index in [2.05, 4.69) is 10.5 Å². The molecule has 0 radical (unpaired) electrons. The SMILES string of the molecule is C/C(=N/NC(=O)CN(C)S(=O)(=O)c1ccc(C)cc1)c1cccc(N)c1. The molecular formula is C18H22N4O3S. The third kappa shape index (κ3) is 4.90. The Morgan fingerprint density at radius 1 is 1.19 bits per heavy atom. The zero-order valence-electron chi connectivity index (χ0n) is 14.9. The standard InChI is InChI=1S/C18H22N4O3S/c1-13-7-9-17(10-8-13)26(24,25)22(3)12-18(23)21-20-14(2)15-5-4-6-16(19)11-15/h4-11H,12,19H2,1-3H3,(H,21,23)/b20-14-. The Labute approximate surface area is 153 Å². The number of nitrogens with one attached hydrogen (secondary N) is 1. The predicted molar refractivity (Wildman–Crippen MR) is 102 cm³/mol. The number of nitrogens with two attached hydrogens (primary N) is 1. The lowest BCUT2D eigenvalue weighted by Crippen LogP contribution is -2.36. The summed E-state index contributed by atoms with van der Waals surface area (Å²) in [5.41, 5.74) is 11.0. The number of nitrogens with zero attached hydrogens (tertiary/aromatic N) is 2. The minimum absolute atomic E-state index is 0.137. The van der Waals surface area contributed by atoms with E-state index in [9.17, 15) is 13.2 Å². The number of hydrogen-bond acceptors (Lipinski definition) is 5. The Kier molecular flexibility index (Phi) is 6.12. The minimum atomic E-state index is -3.74. The first-order valence-corrected chi connectivity index (χ1v) is 9.36. The molecule has 0 spiro atoms.